The number of hydrogen-bond donors (Lipinski definition) is 1. The SMILES string of the molecule is O=C(O)C1c2ccc(Br)cc2OCCN1C(=O)OCc1ccccc1. The van der Waals surface area contributed by atoms with Gasteiger partial charge < -0.3 is 14.6 Å². The van der Waals surface area contributed by atoms with Crippen LogP contribution in [0, 0.1) is 0 Å². The summed E-state index contributed by atoms with van der Waals surface area (Å²) in [7, 11) is 0. The maximum Gasteiger partial charge on any atom is 0.411 e. The van der Waals surface area contributed by atoms with Crippen molar-refractivity contribution < 1.29 is 24.2 Å². The fraction of sp³-hybridized carbons (Fsp3) is 0.222. The fourth-order valence-corrected chi connectivity index (χ4v) is 3.02. The van der Waals surface area contributed by atoms with Gasteiger partial charge in [-0.15, -0.1) is 0 Å². The summed E-state index contributed by atoms with van der Waals surface area (Å²) in [6.45, 7) is 0.390. The topological polar surface area (TPSA) is 76.1 Å². The number of nitrogens with zero attached hydrogens (tertiary/aromatic N) is 1. The highest BCUT2D eigenvalue weighted by Crippen LogP contribution is 2.34. The molecule has 1 N–H and O–H groups in total. The van der Waals surface area contributed by atoms with Crippen LogP contribution in [0.4, 0.5) is 4.79 Å². The maximum absolute atomic E-state index is 12.5. The molecule has 1 aliphatic rings. The Morgan fingerprint density at radius 1 is 1.24 bits per heavy atom. The molecule has 1 amide bonds. The summed E-state index contributed by atoms with van der Waals surface area (Å²) in [6, 6.07) is 13.1. The van der Waals surface area contributed by atoms with E-state index in [0.29, 0.717) is 11.3 Å². The van der Waals surface area contributed by atoms with E-state index < -0.39 is 18.1 Å². The lowest BCUT2D eigenvalue weighted by atomic mass is 10.0. The number of fused-ring (bicyclic) bond motifs is 1. The fourth-order valence-electron chi connectivity index (χ4n) is 2.68. The quantitative estimate of drug-likeness (QED) is 0.843. The number of ether oxygens (including phenoxy) is 2. The van der Waals surface area contributed by atoms with E-state index in [0.717, 1.165) is 10.0 Å². The van der Waals surface area contributed by atoms with E-state index in [4.69, 9.17) is 9.47 Å². The van der Waals surface area contributed by atoms with Crippen LogP contribution in [0.2, 0.25) is 0 Å². The van der Waals surface area contributed by atoms with Crippen molar-refractivity contribution in [3.63, 3.8) is 0 Å². The molecule has 25 heavy (non-hydrogen) atoms. The molecule has 0 fully saturated rings. The molecule has 130 valence electrons. The van der Waals surface area contributed by atoms with Gasteiger partial charge in [-0.25, -0.2) is 9.59 Å². The van der Waals surface area contributed by atoms with E-state index in [1.54, 1.807) is 18.2 Å². The Kier molecular flexibility index (Phi) is 5.23. The van der Waals surface area contributed by atoms with Crippen molar-refractivity contribution in [2.24, 2.45) is 0 Å². The summed E-state index contributed by atoms with van der Waals surface area (Å²) in [5.41, 5.74) is 1.25. The molecule has 1 unspecified atom stereocenters. The summed E-state index contributed by atoms with van der Waals surface area (Å²) >= 11 is 3.33. The molecule has 0 saturated heterocycles. The molecule has 0 radical (unpaired) electrons. The molecule has 1 heterocycles. The first-order valence-corrected chi connectivity index (χ1v) is 8.48. The molecule has 0 spiro atoms. The van der Waals surface area contributed by atoms with Gasteiger partial charge in [0, 0.05) is 10.0 Å². The van der Waals surface area contributed by atoms with E-state index in [-0.39, 0.29) is 19.8 Å². The van der Waals surface area contributed by atoms with Gasteiger partial charge in [0.15, 0.2) is 6.04 Å². The monoisotopic (exact) mass is 405 g/mol. The molecule has 2 aromatic rings. The predicted octanol–water partition coefficient (Wildman–Crippen LogP) is 3.61. The molecule has 0 aliphatic carbocycles. The zero-order valence-corrected chi connectivity index (χ0v) is 14.8. The van der Waals surface area contributed by atoms with Gasteiger partial charge in [-0.1, -0.05) is 52.3 Å². The molecule has 1 aliphatic heterocycles. The minimum Gasteiger partial charge on any atom is -0.491 e. The standard InChI is InChI=1S/C18H16BrNO5/c19-13-6-7-14-15(10-13)24-9-8-20(16(14)17(21)22)18(23)25-11-12-4-2-1-3-5-12/h1-7,10,16H,8-9,11H2,(H,21,22). The van der Waals surface area contributed by atoms with Crippen LogP contribution in [0.3, 0.4) is 0 Å². The Bertz CT molecular complexity index is 780. The van der Waals surface area contributed by atoms with E-state index in [1.807, 2.05) is 30.3 Å². The van der Waals surface area contributed by atoms with E-state index in [1.165, 1.54) is 4.90 Å². The number of carboxylic acids is 1. The second kappa shape index (κ2) is 7.57. The molecule has 7 heteroatoms. The van der Waals surface area contributed by atoms with Crippen molar-refractivity contribution in [2.75, 3.05) is 13.2 Å². The number of benzene rings is 2. The van der Waals surface area contributed by atoms with Crippen LogP contribution < -0.4 is 4.74 Å². The highest BCUT2D eigenvalue weighted by molar-refractivity contribution is 9.10. The predicted molar refractivity (Wildman–Crippen MR) is 93.3 cm³/mol. The van der Waals surface area contributed by atoms with Crippen LogP contribution in [-0.2, 0) is 16.1 Å². The number of carboxylic acid groups (broad SMARTS) is 1. The van der Waals surface area contributed by atoms with Crippen LogP contribution in [0.15, 0.2) is 53.0 Å². The zero-order chi connectivity index (χ0) is 17.8. The van der Waals surface area contributed by atoms with Crippen LogP contribution in [-0.4, -0.2) is 35.2 Å². The molecule has 0 saturated carbocycles. The molecule has 1 atom stereocenters. The lowest BCUT2D eigenvalue weighted by Crippen LogP contribution is -2.40. The van der Waals surface area contributed by atoms with Gasteiger partial charge in [0.25, 0.3) is 0 Å². The van der Waals surface area contributed by atoms with Crippen molar-refractivity contribution in [2.45, 2.75) is 12.6 Å². The van der Waals surface area contributed by atoms with Crippen molar-refractivity contribution >= 4 is 28.0 Å². The summed E-state index contributed by atoms with van der Waals surface area (Å²) in [5.74, 6) is -0.689. The van der Waals surface area contributed by atoms with Gasteiger partial charge in [-0.3, -0.25) is 4.90 Å². The summed E-state index contributed by atoms with van der Waals surface area (Å²) < 4.78 is 11.7. The number of hydrogen-bond acceptors (Lipinski definition) is 4. The third-order valence-corrected chi connectivity index (χ3v) is 4.34. The van der Waals surface area contributed by atoms with Gasteiger partial charge >= 0.3 is 12.1 Å². The summed E-state index contributed by atoms with van der Waals surface area (Å²) in [6.07, 6.45) is -0.685. The lowest BCUT2D eigenvalue weighted by molar-refractivity contribution is -0.143. The number of amides is 1. The Morgan fingerprint density at radius 3 is 2.72 bits per heavy atom. The molecule has 3 rings (SSSR count). The Labute approximate surface area is 153 Å². The normalized spacial score (nSPS) is 16.4. The lowest BCUT2D eigenvalue weighted by Gasteiger charge is -2.26. The molecule has 0 aromatic heterocycles. The van der Waals surface area contributed by atoms with Gasteiger partial charge in [-0.2, -0.15) is 0 Å². The molecule has 6 nitrogen and oxygen atoms in total. The van der Waals surface area contributed by atoms with Gasteiger partial charge in [0.1, 0.15) is 19.0 Å². The highest BCUT2D eigenvalue weighted by atomic mass is 79.9. The molecule has 0 bridgehead atoms. The summed E-state index contributed by atoms with van der Waals surface area (Å²) in [4.78, 5) is 25.5. The van der Waals surface area contributed by atoms with Crippen LogP contribution in [0.1, 0.15) is 17.2 Å². The molecular weight excluding hydrogens is 390 g/mol. The molecular formula is C18H16BrNO5. The Morgan fingerprint density at radius 2 is 2.00 bits per heavy atom. The van der Waals surface area contributed by atoms with Crippen LogP contribution >= 0.6 is 15.9 Å². The average Bonchev–Trinajstić information content (AvgIpc) is 2.79. The second-order valence-electron chi connectivity index (χ2n) is 5.50. The van der Waals surface area contributed by atoms with E-state index >= 15 is 0 Å². The number of carbonyl (C=O) groups excluding carboxylic acids is 1. The third kappa shape index (κ3) is 3.93. The molecule has 2 aromatic carbocycles. The van der Waals surface area contributed by atoms with Crippen LogP contribution in [0.5, 0.6) is 5.75 Å². The average molecular weight is 406 g/mol. The van der Waals surface area contributed by atoms with Crippen LogP contribution in [0.25, 0.3) is 0 Å². The number of rotatable bonds is 3. The van der Waals surface area contributed by atoms with Crippen molar-refractivity contribution in [3.8, 4) is 5.75 Å². The smallest absolute Gasteiger partial charge is 0.411 e. The van der Waals surface area contributed by atoms with E-state index in [9.17, 15) is 14.7 Å². The minimum atomic E-state index is -1.16. The minimum absolute atomic E-state index is 0.0799. The zero-order valence-electron chi connectivity index (χ0n) is 13.2. The number of carbonyl (C=O) groups is 2. The second-order valence-corrected chi connectivity index (χ2v) is 6.42. The number of halogens is 1. The van der Waals surface area contributed by atoms with Gasteiger partial charge in [-0.05, 0) is 17.7 Å². The van der Waals surface area contributed by atoms with E-state index in [2.05, 4.69) is 15.9 Å². The first-order valence-electron chi connectivity index (χ1n) is 7.68. The maximum atomic E-state index is 12.5. The first kappa shape index (κ1) is 17.3. The first-order chi connectivity index (χ1) is 12.1. The van der Waals surface area contributed by atoms with Gasteiger partial charge in [0.2, 0.25) is 0 Å². The number of aliphatic carboxylic acids is 1. The Hall–Kier alpha value is -2.54. The largest absolute Gasteiger partial charge is 0.491 e. The third-order valence-electron chi connectivity index (χ3n) is 3.85. The van der Waals surface area contributed by atoms with Gasteiger partial charge in [0.05, 0.1) is 6.54 Å². The highest BCUT2D eigenvalue weighted by Gasteiger charge is 2.36. The Balaban J connectivity index is 1.82. The van der Waals surface area contributed by atoms with Crippen molar-refractivity contribution in [3.05, 3.63) is 64.1 Å². The van der Waals surface area contributed by atoms with Crippen molar-refractivity contribution in [1.82, 2.24) is 4.90 Å². The van der Waals surface area contributed by atoms with Crippen molar-refractivity contribution in [1.29, 1.82) is 0 Å². The summed E-state index contributed by atoms with van der Waals surface area (Å²) in [5, 5.41) is 9.67.